The number of carbonyl (C=O) groups excluding carboxylic acids is 1. The molecule has 1 saturated heterocycles. The van der Waals surface area contributed by atoms with Gasteiger partial charge in [0.2, 0.25) is 0 Å². The molecule has 6 heteroatoms. The summed E-state index contributed by atoms with van der Waals surface area (Å²) in [5.74, 6) is -0.0236. The first-order valence-corrected chi connectivity index (χ1v) is 7.64. The Balaban J connectivity index is 2.13. The van der Waals surface area contributed by atoms with Crippen LogP contribution in [0.25, 0.3) is 0 Å². The van der Waals surface area contributed by atoms with Gasteiger partial charge in [-0.1, -0.05) is 13.3 Å². The molecule has 0 aliphatic carbocycles. The molecule has 1 aromatic rings. The van der Waals surface area contributed by atoms with E-state index in [0.717, 1.165) is 25.1 Å². The van der Waals surface area contributed by atoms with Gasteiger partial charge in [0.15, 0.2) is 0 Å². The van der Waals surface area contributed by atoms with Gasteiger partial charge >= 0.3 is 0 Å². The van der Waals surface area contributed by atoms with Crippen molar-refractivity contribution in [3.8, 4) is 0 Å². The number of aryl methyl sites for hydroxylation is 1. The smallest absolute Gasteiger partial charge is 0.257 e. The minimum absolute atomic E-state index is 0.0127. The van der Waals surface area contributed by atoms with Crippen molar-refractivity contribution in [3.05, 3.63) is 17.5 Å². The van der Waals surface area contributed by atoms with E-state index >= 15 is 0 Å². The number of unbranched alkanes of at least 4 members (excludes halogenated alkanes) is 1. The van der Waals surface area contributed by atoms with E-state index in [4.69, 9.17) is 4.74 Å². The van der Waals surface area contributed by atoms with Crippen molar-refractivity contribution in [3.63, 3.8) is 0 Å². The molecule has 0 saturated carbocycles. The Morgan fingerprint density at radius 2 is 2.33 bits per heavy atom. The van der Waals surface area contributed by atoms with Gasteiger partial charge in [-0.3, -0.25) is 9.48 Å². The zero-order valence-corrected chi connectivity index (χ0v) is 13.1. The highest BCUT2D eigenvalue weighted by Crippen LogP contribution is 2.18. The number of rotatable bonds is 5. The van der Waals surface area contributed by atoms with E-state index in [-0.39, 0.29) is 24.7 Å². The second-order valence-electron chi connectivity index (χ2n) is 5.66. The van der Waals surface area contributed by atoms with Gasteiger partial charge in [0.25, 0.3) is 5.91 Å². The van der Waals surface area contributed by atoms with Gasteiger partial charge in [-0.15, -0.1) is 0 Å². The molecule has 118 valence electrons. The number of hydrogen-bond acceptors (Lipinski definition) is 4. The Morgan fingerprint density at radius 1 is 1.57 bits per heavy atom. The Bertz CT molecular complexity index is 487. The predicted octanol–water partition coefficient (Wildman–Crippen LogP) is 1.21. The van der Waals surface area contributed by atoms with E-state index in [1.54, 1.807) is 11.1 Å². The van der Waals surface area contributed by atoms with Gasteiger partial charge in [-0.05, 0) is 20.3 Å². The fourth-order valence-electron chi connectivity index (χ4n) is 2.56. The van der Waals surface area contributed by atoms with Crippen LogP contribution in [0.5, 0.6) is 0 Å². The molecular formula is C15H25N3O3. The standard InChI is InChI=1S/C15H25N3O3/c1-4-5-6-18-12(3)14(7-16-18)15(20)17-8-13(9-19)21-10-11(17)2/h7,11,13,19H,4-6,8-10H2,1-3H3. The lowest BCUT2D eigenvalue weighted by molar-refractivity contribution is -0.0667. The Hall–Kier alpha value is -1.40. The monoisotopic (exact) mass is 295 g/mol. The number of carbonyl (C=O) groups is 1. The summed E-state index contributed by atoms with van der Waals surface area (Å²) >= 11 is 0. The van der Waals surface area contributed by atoms with Crippen molar-refractivity contribution in [1.82, 2.24) is 14.7 Å². The molecule has 1 N–H and O–H groups in total. The van der Waals surface area contributed by atoms with Crippen molar-refractivity contribution in [1.29, 1.82) is 0 Å². The number of aliphatic hydroxyl groups excluding tert-OH is 1. The van der Waals surface area contributed by atoms with E-state index in [2.05, 4.69) is 12.0 Å². The second-order valence-corrected chi connectivity index (χ2v) is 5.66. The molecular weight excluding hydrogens is 270 g/mol. The van der Waals surface area contributed by atoms with Gasteiger partial charge in [0.1, 0.15) is 0 Å². The van der Waals surface area contributed by atoms with Gasteiger partial charge in [-0.2, -0.15) is 5.10 Å². The zero-order valence-electron chi connectivity index (χ0n) is 13.1. The summed E-state index contributed by atoms with van der Waals surface area (Å²) in [5, 5.41) is 13.5. The van der Waals surface area contributed by atoms with Crippen LogP contribution in [-0.2, 0) is 11.3 Å². The van der Waals surface area contributed by atoms with Crippen molar-refractivity contribution in [2.75, 3.05) is 19.8 Å². The van der Waals surface area contributed by atoms with Crippen LogP contribution in [0.15, 0.2) is 6.20 Å². The molecule has 2 heterocycles. The van der Waals surface area contributed by atoms with Gasteiger partial charge in [0.05, 0.1) is 37.1 Å². The van der Waals surface area contributed by atoms with Crippen LogP contribution in [0.4, 0.5) is 0 Å². The normalized spacial score (nSPS) is 22.6. The third-order valence-corrected chi connectivity index (χ3v) is 4.03. The lowest BCUT2D eigenvalue weighted by atomic mass is 10.1. The van der Waals surface area contributed by atoms with Crippen molar-refractivity contribution >= 4 is 5.91 Å². The third kappa shape index (κ3) is 3.44. The maximum absolute atomic E-state index is 12.7. The third-order valence-electron chi connectivity index (χ3n) is 4.03. The average Bonchev–Trinajstić information content (AvgIpc) is 2.86. The summed E-state index contributed by atoms with van der Waals surface area (Å²) < 4.78 is 7.37. The van der Waals surface area contributed by atoms with Crippen LogP contribution >= 0.6 is 0 Å². The van der Waals surface area contributed by atoms with E-state index in [1.807, 2.05) is 18.5 Å². The zero-order chi connectivity index (χ0) is 15.4. The Labute approximate surface area is 125 Å². The number of amides is 1. The number of nitrogens with zero attached hydrogens (tertiary/aromatic N) is 3. The van der Waals surface area contributed by atoms with E-state index in [9.17, 15) is 9.90 Å². The van der Waals surface area contributed by atoms with Crippen LogP contribution < -0.4 is 0 Å². The van der Waals surface area contributed by atoms with Crippen molar-refractivity contribution < 1.29 is 14.6 Å². The van der Waals surface area contributed by atoms with Crippen molar-refractivity contribution in [2.45, 2.75) is 52.3 Å². The highest BCUT2D eigenvalue weighted by atomic mass is 16.5. The molecule has 1 amide bonds. The molecule has 2 rings (SSSR count). The number of morpholine rings is 1. The van der Waals surface area contributed by atoms with E-state index in [1.165, 1.54) is 0 Å². The lowest BCUT2D eigenvalue weighted by Gasteiger charge is -2.37. The van der Waals surface area contributed by atoms with Gasteiger partial charge in [0, 0.05) is 18.8 Å². The van der Waals surface area contributed by atoms with Crippen LogP contribution in [-0.4, -0.2) is 57.6 Å². The molecule has 1 aliphatic heterocycles. The Morgan fingerprint density at radius 3 is 3.00 bits per heavy atom. The number of hydrogen-bond donors (Lipinski definition) is 1. The first-order chi connectivity index (χ1) is 10.1. The lowest BCUT2D eigenvalue weighted by Crippen LogP contribution is -2.52. The maximum Gasteiger partial charge on any atom is 0.257 e. The first kappa shape index (κ1) is 16.0. The molecule has 0 aromatic carbocycles. The first-order valence-electron chi connectivity index (χ1n) is 7.64. The summed E-state index contributed by atoms with van der Waals surface area (Å²) in [7, 11) is 0. The fourth-order valence-corrected chi connectivity index (χ4v) is 2.56. The van der Waals surface area contributed by atoms with E-state index in [0.29, 0.717) is 18.7 Å². The highest BCUT2D eigenvalue weighted by Gasteiger charge is 2.31. The highest BCUT2D eigenvalue weighted by molar-refractivity contribution is 5.95. The van der Waals surface area contributed by atoms with Crippen LogP contribution in [0.1, 0.15) is 42.7 Å². The predicted molar refractivity (Wildman–Crippen MR) is 79.2 cm³/mol. The molecule has 6 nitrogen and oxygen atoms in total. The largest absolute Gasteiger partial charge is 0.394 e. The molecule has 21 heavy (non-hydrogen) atoms. The molecule has 1 aromatic heterocycles. The molecule has 0 bridgehead atoms. The number of ether oxygens (including phenoxy) is 1. The minimum atomic E-state index is -0.291. The van der Waals surface area contributed by atoms with Crippen molar-refractivity contribution in [2.24, 2.45) is 0 Å². The van der Waals surface area contributed by atoms with Crippen LogP contribution in [0, 0.1) is 6.92 Å². The second kappa shape index (κ2) is 7.04. The van der Waals surface area contributed by atoms with Gasteiger partial charge < -0.3 is 14.7 Å². The maximum atomic E-state index is 12.7. The quantitative estimate of drug-likeness (QED) is 0.886. The topological polar surface area (TPSA) is 67.6 Å². The summed E-state index contributed by atoms with van der Waals surface area (Å²) in [4.78, 5) is 14.5. The SMILES string of the molecule is CCCCn1ncc(C(=O)N2CC(CO)OCC2C)c1C. The summed E-state index contributed by atoms with van der Waals surface area (Å²) in [5.41, 5.74) is 1.56. The number of aliphatic hydroxyl groups is 1. The summed E-state index contributed by atoms with van der Waals surface area (Å²) in [6.07, 6.45) is 3.52. The summed E-state index contributed by atoms with van der Waals surface area (Å²) in [6, 6.07) is 0.0127. The molecule has 0 spiro atoms. The molecule has 0 radical (unpaired) electrons. The Kier molecular flexibility index (Phi) is 5.36. The fraction of sp³-hybridized carbons (Fsp3) is 0.733. The molecule has 1 aliphatic rings. The van der Waals surface area contributed by atoms with Crippen LogP contribution in [0.2, 0.25) is 0 Å². The van der Waals surface area contributed by atoms with Crippen LogP contribution in [0.3, 0.4) is 0 Å². The molecule has 1 fully saturated rings. The molecule has 2 atom stereocenters. The van der Waals surface area contributed by atoms with Gasteiger partial charge in [-0.25, -0.2) is 0 Å². The molecule has 2 unspecified atom stereocenters. The van der Waals surface area contributed by atoms with E-state index < -0.39 is 0 Å². The minimum Gasteiger partial charge on any atom is -0.394 e. The average molecular weight is 295 g/mol. The summed E-state index contributed by atoms with van der Waals surface area (Å²) in [6.45, 7) is 7.69. The number of aromatic nitrogens is 2.